The lowest BCUT2D eigenvalue weighted by molar-refractivity contribution is -0.136. The first-order valence-corrected chi connectivity index (χ1v) is 5.47. The van der Waals surface area contributed by atoms with E-state index in [1.807, 2.05) is 6.92 Å². The first-order valence-electron chi connectivity index (χ1n) is 5.47. The van der Waals surface area contributed by atoms with Gasteiger partial charge < -0.3 is 4.74 Å². The average Bonchev–Trinajstić information content (AvgIpc) is 2.77. The smallest absolute Gasteiger partial charge is 0.333 e. The summed E-state index contributed by atoms with van der Waals surface area (Å²) in [5.74, 6) is 2.26. The highest BCUT2D eigenvalue weighted by atomic mass is 16.5. The average molecular weight is 194 g/mol. The van der Waals surface area contributed by atoms with E-state index in [-0.39, 0.29) is 5.97 Å². The molecule has 0 aromatic heterocycles. The molecule has 2 nitrogen and oxygen atoms in total. The van der Waals surface area contributed by atoms with Gasteiger partial charge in [0.2, 0.25) is 0 Å². The van der Waals surface area contributed by atoms with E-state index in [9.17, 15) is 4.79 Å². The number of ether oxygens (including phenoxy) is 1. The fourth-order valence-electron chi connectivity index (χ4n) is 3.05. The molecule has 3 unspecified atom stereocenters. The van der Waals surface area contributed by atoms with Crippen LogP contribution in [0.3, 0.4) is 0 Å². The van der Waals surface area contributed by atoms with E-state index < -0.39 is 0 Å². The molecule has 0 heterocycles. The van der Waals surface area contributed by atoms with Crippen LogP contribution in [0.2, 0.25) is 0 Å². The first-order chi connectivity index (χ1) is 6.70. The number of carbonyl (C=O) groups excluding carboxylic acids is 1. The zero-order valence-electron chi connectivity index (χ0n) is 8.95. The molecule has 2 saturated carbocycles. The van der Waals surface area contributed by atoms with Gasteiger partial charge in [-0.1, -0.05) is 12.5 Å². The zero-order valence-corrected chi connectivity index (χ0v) is 8.95. The van der Waals surface area contributed by atoms with Gasteiger partial charge in [-0.3, -0.25) is 0 Å². The summed E-state index contributed by atoms with van der Waals surface area (Å²) in [4.78, 5) is 11.2. The van der Waals surface area contributed by atoms with Gasteiger partial charge in [-0.15, -0.1) is 0 Å². The number of carbonyl (C=O) groups is 1. The summed E-state index contributed by atoms with van der Waals surface area (Å²) < 4.78 is 4.70. The van der Waals surface area contributed by atoms with Crippen molar-refractivity contribution in [3.63, 3.8) is 0 Å². The van der Waals surface area contributed by atoms with E-state index in [1.165, 1.54) is 32.8 Å². The second-order valence-corrected chi connectivity index (χ2v) is 4.68. The third-order valence-electron chi connectivity index (χ3n) is 3.76. The summed E-state index contributed by atoms with van der Waals surface area (Å²) in [6.07, 6.45) is 7.58. The number of hydrogen-bond donors (Lipinski definition) is 0. The first kappa shape index (κ1) is 9.75. The molecular formula is C12H18O2. The van der Waals surface area contributed by atoms with Crippen LogP contribution in [0.25, 0.3) is 0 Å². The summed E-state index contributed by atoms with van der Waals surface area (Å²) in [6.45, 7) is 1.86. The summed E-state index contributed by atoms with van der Waals surface area (Å²) >= 11 is 0. The van der Waals surface area contributed by atoms with Crippen molar-refractivity contribution in [1.82, 2.24) is 0 Å². The van der Waals surface area contributed by atoms with Gasteiger partial charge in [0.1, 0.15) is 0 Å². The molecule has 2 bridgehead atoms. The Balaban J connectivity index is 2.00. The molecule has 14 heavy (non-hydrogen) atoms. The minimum atomic E-state index is -0.173. The van der Waals surface area contributed by atoms with Gasteiger partial charge in [-0.05, 0) is 43.9 Å². The normalized spacial score (nSPS) is 36.1. The Hall–Kier alpha value is -0.790. The molecule has 0 radical (unpaired) electrons. The second-order valence-electron chi connectivity index (χ2n) is 4.68. The minimum Gasteiger partial charge on any atom is -0.466 e. The number of esters is 1. The van der Waals surface area contributed by atoms with Crippen molar-refractivity contribution in [2.75, 3.05) is 7.11 Å². The molecule has 0 amide bonds. The van der Waals surface area contributed by atoms with E-state index in [2.05, 4.69) is 6.08 Å². The maximum absolute atomic E-state index is 11.2. The Morgan fingerprint density at radius 1 is 1.36 bits per heavy atom. The standard InChI is InChI=1S/C12H18O2/c1-8(12(13)14-2)5-11-7-9-3-4-10(11)6-9/h5,9-11H,3-4,6-7H2,1-2H3. The Bertz CT molecular complexity index is 267. The molecule has 0 aromatic rings. The van der Waals surface area contributed by atoms with Gasteiger partial charge in [-0.25, -0.2) is 4.79 Å². The van der Waals surface area contributed by atoms with Gasteiger partial charge in [0.25, 0.3) is 0 Å². The molecule has 0 aromatic carbocycles. The fourth-order valence-corrected chi connectivity index (χ4v) is 3.05. The van der Waals surface area contributed by atoms with E-state index in [1.54, 1.807) is 0 Å². The van der Waals surface area contributed by atoms with Crippen molar-refractivity contribution < 1.29 is 9.53 Å². The summed E-state index contributed by atoms with van der Waals surface area (Å²) in [5, 5.41) is 0. The van der Waals surface area contributed by atoms with Crippen molar-refractivity contribution in [3.8, 4) is 0 Å². The summed E-state index contributed by atoms with van der Waals surface area (Å²) in [7, 11) is 1.44. The van der Waals surface area contributed by atoms with Crippen molar-refractivity contribution in [1.29, 1.82) is 0 Å². The van der Waals surface area contributed by atoms with Crippen LogP contribution in [0.4, 0.5) is 0 Å². The molecule has 2 heteroatoms. The SMILES string of the molecule is COC(=O)C(C)=CC1CC2CCC1C2. The quantitative estimate of drug-likeness (QED) is 0.499. The molecule has 0 spiro atoms. The third-order valence-corrected chi connectivity index (χ3v) is 3.76. The summed E-state index contributed by atoms with van der Waals surface area (Å²) in [6, 6.07) is 0. The highest BCUT2D eigenvalue weighted by molar-refractivity contribution is 5.87. The molecule has 2 aliphatic carbocycles. The Kier molecular flexibility index (Phi) is 2.62. The summed E-state index contributed by atoms with van der Waals surface area (Å²) in [5.41, 5.74) is 0.782. The molecule has 2 aliphatic rings. The number of rotatable bonds is 2. The Morgan fingerprint density at radius 2 is 2.14 bits per heavy atom. The van der Waals surface area contributed by atoms with Crippen molar-refractivity contribution >= 4 is 5.97 Å². The van der Waals surface area contributed by atoms with Crippen LogP contribution >= 0.6 is 0 Å². The van der Waals surface area contributed by atoms with Crippen LogP contribution in [-0.2, 0) is 9.53 Å². The second kappa shape index (κ2) is 3.76. The highest BCUT2D eigenvalue weighted by Crippen LogP contribution is 2.49. The maximum Gasteiger partial charge on any atom is 0.333 e. The lowest BCUT2D eigenvalue weighted by atomic mass is 9.87. The van der Waals surface area contributed by atoms with E-state index in [4.69, 9.17) is 4.74 Å². The molecule has 2 fully saturated rings. The van der Waals surface area contributed by atoms with E-state index in [0.29, 0.717) is 5.92 Å². The number of fused-ring (bicyclic) bond motifs is 2. The van der Waals surface area contributed by atoms with Gasteiger partial charge in [0, 0.05) is 5.57 Å². The van der Waals surface area contributed by atoms with Crippen LogP contribution in [0.15, 0.2) is 11.6 Å². The maximum atomic E-state index is 11.2. The molecule has 2 rings (SSSR count). The van der Waals surface area contributed by atoms with E-state index >= 15 is 0 Å². The van der Waals surface area contributed by atoms with Crippen molar-refractivity contribution in [2.45, 2.75) is 32.6 Å². The highest BCUT2D eigenvalue weighted by Gasteiger charge is 2.38. The molecule has 3 atom stereocenters. The third kappa shape index (κ3) is 1.70. The van der Waals surface area contributed by atoms with E-state index in [0.717, 1.165) is 17.4 Å². The van der Waals surface area contributed by atoms with Gasteiger partial charge in [0.05, 0.1) is 7.11 Å². The molecule has 78 valence electrons. The largest absolute Gasteiger partial charge is 0.466 e. The number of methoxy groups -OCH3 is 1. The van der Waals surface area contributed by atoms with Crippen LogP contribution < -0.4 is 0 Å². The fraction of sp³-hybridized carbons (Fsp3) is 0.750. The predicted molar refractivity (Wildman–Crippen MR) is 54.7 cm³/mol. The molecular weight excluding hydrogens is 176 g/mol. The lowest BCUT2D eigenvalue weighted by Crippen LogP contribution is -2.10. The predicted octanol–water partition coefficient (Wildman–Crippen LogP) is 2.54. The monoisotopic (exact) mass is 194 g/mol. The molecule has 0 saturated heterocycles. The number of hydrogen-bond acceptors (Lipinski definition) is 2. The topological polar surface area (TPSA) is 26.3 Å². The van der Waals surface area contributed by atoms with Gasteiger partial charge in [-0.2, -0.15) is 0 Å². The Labute approximate surface area is 85.3 Å². The van der Waals surface area contributed by atoms with Gasteiger partial charge >= 0.3 is 5.97 Å². The molecule has 0 aliphatic heterocycles. The number of allylic oxidation sites excluding steroid dienone is 1. The van der Waals surface area contributed by atoms with Crippen LogP contribution in [-0.4, -0.2) is 13.1 Å². The van der Waals surface area contributed by atoms with Gasteiger partial charge in [0.15, 0.2) is 0 Å². The van der Waals surface area contributed by atoms with Crippen molar-refractivity contribution in [2.24, 2.45) is 17.8 Å². The minimum absolute atomic E-state index is 0.173. The molecule has 0 N–H and O–H groups in total. The van der Waals surface area contributed by atoms with Crippen molar-refractivity contribution in [3.05, 3.63) is 11.6 Å². The lowest BCUT2D eigenvalue weighted by Gasteiger charge is -2.18. The van der Waals surface area contributed by atoms with Crippen LogP contribution in [0.1, 0.15) is 32.6 Å². The Morgan fingerprint density at radius 3 is 2.64 bits per heavy atom. The van der Waals surface area contributed by atoms with Crippen LogP contribution in [0.5, 0.6) is 0 Å². The zero-order chi connectivity index (χ0) is 10.1. The van der Waals surface area contributed by atoms with Crippen LogP contribution in [0, 0.1) is 17.8 Å².